The highest BCUT2D eigenvalue weighted by atomic mass is 35.5. The Labute approximate surface area is 200 Å². The molecule has 0 aliphatic heterocycles. The van der Waals surface area contributed by atoms with Gasteiger partial charge in [0.25, 0.3) is 0 Å². The summed E-state index contributed by atoms with van der Waals surface area (Å²) < 4.78 is 8.35. The van der Waals surface area contributed by atoms with Gasteiger partial charge in [-0.25, -0.2) is 0 Å². The lowest BCUT2D eigenvalue weighted by Gasteiger charge is -2.26. The fraction of sp³-hybridized carbons (Fsp3) is 0.391. The average molecular weight is 486 g/mol. The lowest BCUT2D eigenvalue weighted by molar-refractivity contribution is 0.330. The first-order valence-electron chi connectivity index (χ1n) is 10.9. The summed E-state index contributed by atoms with van der Waals surface area (Å²) >= 11 is 9.50. The van der Waals surface area contributed by atoms with Crippen molar-refractivity contribution in [2.75, 3.05) is 0 Å². The van der Waals surface area contributed by atoms with Crippen molar-refractivity contribution in [1.82, 2.24) is 25.0 Å². The van der Waals surface area contributed by atoms with Gasteiger partial charge in [-0.1, -0.05) is 54.8 Å². The highest BCUT2D eigenvalue weighted by Crippen LogP contribution is 2.39. The lowest BCUT2D eigenvalue weighted by atomic mass is 9.95. The summed E-state index contributed by atoms with van der Waals surface area (Å²) in [4.78, 5) is 1.31. The topological polar surface area (TPSA) is 69.6 Å². The summed E-state index contributed by atoms with van der Waals surface area (Å²) in [7, 11) is 0. The van der Waals surface area contributed by atoms with Gasteiger partial charge < -0.3 is 8.98 Å². The largest absolute Gasteiger partial charge is 0.419 e. The first kappa shape index (κ1) is 21.7. The average Bonchev–Trinajstić information content (AvgIpc) is 3.56. The van der Waals surface area contributed by atoms with E-state index >= 15 is 0 Å². The fourth-order valence-electron chi connectivity index (χ4n) is 4.13. The van der Waals surface area contributed by atoms with E-state index < -0.39 is 0 Å². The van der Waals surface area contributed by atoms with Gasteiger partial charge in [-0.2, -0.15) is 0 Å². The maximum absolute atomic E-state index is 6.10. The van der Waals surface area contributed by atoms with Crippen molar-refractivity contribution in [3.8, 4) is 11.5 Å². The SMILES string of the molecule is C[C@@H](Sc1nnc(Cc2cccs2)n1C1CCCCC1)c1nnc(-c2cccc(Cl)c2)o1. The minimum atomic E-state index is -0.0448. The Morgan fingerprint density at radius 3 is 2.78 bits per heavy atom. The molecule has 1 aromatic carbocycles. The molecule has 0 unspecified atom stereocenters. The molecule has 0 N–H and O–H groups in total. The Kier molecular flexibility index (Phi) is 6.62. The van der Waals surface area contributed by atoms with E-state index in [0.717, 1.165) is 23.0 Å². The summed E-state index contributed by atoms with van der Waals surface area (Å²) in [5, 5.41) is 21.3. The van der Waals surface area contributed by atoms with E-state index in [2.05, 4.69) is 49.4 Å². The predicted octanol–water partition coefficient (Wildman–Crippen LogP) is 6.99. The molecule has 9 heteroatoms. The van der Waals surface area contributed by atoms with Crippen LogP contribution in [0.5, 0.6) is 0 Å². The Balaban J connectivity index is 1.39. The van der Waals surface area contributed by atoms with Gasteiger partial charge in [0.1, 0.15) is 5.82 Å². The minimum Gasteiger partial charge on any atom is -0.419 e. The third-order valence-electron chi connectivity index (χ3n) is 5.73. The zero-order valence-corrected chi connectivity index (χ0v) is 20.2. The highest BCUT2D eigenvalue weighted by Gasteiger charge is 2.26. The van der Waals surface area contributed by atoms with Crippen LogP contribution in [0, 0.1) is 0 Å². The second-order valence-electron chi connectivity index (χ2n) is 8.03. The molecule has 1 aliphatic carbocycles. The van der Waals surface area contributed by atoms with Crippen LogP contribution >= 0.6 is 34.7 Å². The monoisotopic (exact) mass is 485 g/mol. The normalized spacial score (nSPS) is 15.8. The maximum Gasteiger partial charge on any atom is 0.247 e. The number of hydrogen-bond acceptors (Lipinski definition) is 7. The second kappa shape index (κ2) is 9.77. The molecule has 1 aliphatic rings. The summed E-state index contributed by atoms with van der Waals surface area (Å²) in [6, 6.07) is 12.1. The summed E-state index contributed by atoms with van der Waals surface area (Å²) in [5.41, 5.74) is 0.817. The number of benzene rings is 1. The van der Waals surface area contributed by atoms with Crippen LogP contribution in [-0.2, 0) is 6.42 Å². The quantitative estimate of drug-likeness (QED) is 0.262. The van der Waals surface area contributed by atoms with E-state index in [-0.39, 0.29) is 5.25 Å². The van der Waals surface area contributed by atoms with Crippen LogP contribution in [0.25, 0.3) is 11.5 Å². The molecular weight excluding hydrogens is 462 g/mol. The highest BCUT2D eigenvalue weighted by molar-refractivity contribution is 7.99. The van der Waals surface area contributed by atoms with Crippen LogP contribution in [0.4, 0.5) is 0 Å². The molecule has 3 heterocycles. The molecule has 1 saturated carbocycles. The molecule has 0 saturated heterocycles. The van der Waals surface area contributed by atoms with Crippen molar-refractivity contribution in [3.05, 3.63) is 63.4 Å². The summed E-state index contributed by atoms with van der Waals surface area (Å²) in [6.45, 7) is 2.07. The van der Waals surface area contributed by atoms with Crippen molar-refractivity contribution >= 4 is 34.7 Å². The molecule has 0 radical (unpaired) electrons. The lowest BCUT2D eigenvalue weighted by Crippen LogP contribution is -2.17. The molecule has 32 heavy (non-hydrogen) atoms. The standard InChI is InChI=1S/C23H24ClN5OS2/c1-15(21-26-27-22(30-21)16-7-5-8-17(24)13-16)32-23-28-25-20(14-19-11-6-12-31-19)29(23)18-9-3-2-4-10-18/h5-8,11-13,15,18H,2-4,9-10,14H2,1H3/t15-/m1/s1. The van der Waals surface area contributed by atoms with Gasteiger partial charge >= 0.3 is 0 Å². The van der Waals surface area contributed by atoms with Crippen LogP contribution in [0.2, 0.25) is 5.02 Å². The van der Waals surface area contributed by atoms with Gasteiger partial charge in [0.05, 0.1) is 5.25 Å². The molecule has 5 rings (SSSR count). The zero-order chi connectivity index (χ0) is 21.9. The molecule has 166 valence electrons. The van der Waals surface area contributed by atoms with Crippen LogP contribution in [0.1, 0.15) is 66.9 Å². The zero-order valence-electron chi connectivity index (χ0n) is 17.8. The number of nitrogens with zero attached hydrogens (tertiary/aromatic N) is 5. The maximum atomic E-state index is 6.10. The van der Waals surface area contributed by atoms with Crippen molar-refractivity contribution in [3.63, 3.8) is 0 Å². The van der Waals surface area contributed by atoms with Gasteiger partial charge in [-0.05, 0) is 49.4 Å². The third kappa shape index (κ3) is 4.77. The van der Waals surface area contributed by atoms with Gasteiger partial charge in [-0.3, -0.25) is 0 Å². The van der Waals surface area contributed by atoms with Crippen LogP contribution in [0.3, 0.4) is 0 Å². The van der Waals surface area contributed by atoms with Gasteiger partial charge in [0, 0.05) is 27.9 Å². The van der Waals surface area contributed by atoms with E-state index in [1.807, 2.05) is 24.3 Å². The Hall–Kier alpha value is -2.16. The molecule has 4 aromatic rings. The van der Waals surface area contributed by atoms with Crippen molar-refractivity contribution in [2.45, 2.75) is 61.9 Å². The molecule has 6 nitrogen and oxygen atoms in total. The van der Waals surface area contributed by atoms with Crippen molar-refractivity contribution in [1.29, 1.82) is 0 Å². The first-order valence-corrected chi connectivity index (χ1v) is 13.0. The number of hydrogen-bond donors (Lipinski definition) is 0. The van der Waals surface area contributed by atoms with E-state index in [9.17, 15) is 0 Å². The van der Waals surface area contributed by atoms with Gasteiger partial charge in [0.2, 0.25) is 11.8 Å². The Morgan fingerprint density at radius 2 is 2.00 bits per heavy atom. The van der Waals surface area contributed by atoms with Crippen LogP contribution in [0.15, 0.2) is 51.4 Å². The van der Waals surface area contributed by atoms with E-state index in [1.165, 1.54) is 37.0 Å². The predicted molar refractivity (Wildman–Crippen MR) is 128 cm³/mol. The molecular formula is C23H24ClN5OS2. The first-order chi connectivity index (χ1) is 15.7. The van der Waals surface area contributed by atoms with E-state index in [0.29, 0.717) is 22.8 Å². The molecule has 0 amide bonds. The van der Waals surface area contributed by atoms with Gasteiger partial charge in [0.15, 0.2) is 5.16 Å². The van der Waals surface area contributed by atoms with Gasteiger partial charge in [-0.15, -0.1) is 31.7 Å². The summed E-state index contributed by atoms with van der Waals surface area (Å²) in [5.74, 6) is 2.09. The second-order valence-corrected chi connectivity index (χ2v) is 10.8. The number of thiophene rings is 1. The van der Waals surface area contributed by atoms with Crippen molar-refractivity contribution in [2.24, 2.45) is 0 Å². The van der Waals surface area contributed by atoms with Crippen LogP contribution in [-0.4, -0.2) is 25.0 Å². The molecule has 0 bridgehead atoms. The fourth-order valence-corrected chi connectivity index (χ4v) is 5.99. The van der Waals surface area contributed by atoms with E-state index in [4.69, 9.17) is 16.0 Å². The number of aromatic nitrogens is 5. The Bertz CT molecular complexity index is 1170. The molecule has 1 fully saturated rings. The molecule has 1 atom stereocenters. The minimum absolute atomic E-state index is 0.0448. The molecule has 3 aromatic heterocycles. The number of halogens is 1. The Morgan fingerprint density at radius 1 is 1.12 bits per heavy atom. The smallest absolute Gasteiger partial charge is 0.247 e. The summed E-state index contributed by atoms with van der Waals surface area (Å²) in [6.07, 6.45) is 7.00. The van der Waals surface area contributed by atoms with Crippen molar-refractivity contribution < 1.29 is 4.42 Å². The van der Waals surface area contributed by atoms with E-state index in [1.54, 1.807) is 23.1 Å². The van der Waals surface area contributed by atoms with Crippen LogP contribution < -0.4 is 0 Å². The number of rotatable bonds is 7. The number of thioether (sulfide) groups is 1. The third-order valence-corrected chi connectivity index (χ3v) is 7.89. The molecule has 0 spiro atoms.